The van der Waals surface area contributed by atoms with E-state index in [2.05, 4.69) is 23.9 Å². The van der Waals surface area contributed by atoms with Crippen LogP contribution in [0.5, 0.6) is 0 Å². The van der Waals surface area contributed by atoms with Gasteiger partial charge >= 0.3 is 5.97 Å². The van der Waals surface area contributed by atoms with Crippen LogP contribution in [0.3, 0.4) is 0 Å². The molecular weight excluding hydrogens is 416 g/mol. The molecule has 1 unspecified atom stereocenters. The van der Waals surface area contributed by atoms with Crippen molar-refractivity contribution in [2.24, 2.45) is 5.92 Å². The summed E-state index contributed by atoms with van der Waals surface area (Å²) in [7, 11) is -3.85. The lowest BCUT2D eigenvalue weighted by molar-refractivity contribution is -0.147. The Morgan fingerprint density at radius 3 is 2.29 bits per heavy atom. The number of hydrogen-bond donors (Lipinski definition) is 2. The number of nitrogens with one attached hydrogen (secondary N) is 2. The van der Waals surface area contributed by atoms with Crippen molar-refractivity contribution in [3.8, 4) is 0 Å². The van der Waals surface area contributed by atoms with Gasteiger partial charge in [-0.3, -0.25) is 9.59 Å². The topological polar surface area (TPSA) is 102 Å². The van der Waals surface area contributed by atoms with Crippen LogP contribution in [0.4, 0.5) is 0 Å². The van der Waals surface area contributed by atoms with Crippen molar-refractivity contribution in [3.63, 3.8) is 0 Å². The quantitative estimate of drug-likeness (QED) is 0.546. The molecule has 0 heterocycles. The summed E-state index contributed by atoms with van der Waals surface area (Å²) in [6.45, 7) is 6.77. The highest BCUT2D eigenvalue weighted by Gasteiger charge is 2.19. The van der Waals surface area contributed by atoms with Gasteiger partial charge in [0.15, 0.2) is 6.61 Å². The predicted octanol–water partition coefficient (Wildman–Crippen LogP) is 3.03. The first-order valence-electron chi connectivity index (χ1n) is 10.2. The maximum atomic E-state index is 12.3. The predicted molar refractivity (Wildman–Crippen MR) is 119 cm³/mol. The Balaban J connectivity index is 1.86. The number of aryl methyl sites for hydroxylation is 2. The first-order valence-corrected chi connectivity index (χ1v) is 11.6. The Kier molecular flexibility index (Phi) is 8.76. The molecule has 0 bridgehead atoms. The highest BCUT2D eigenvalue weighted by atomic mass is 32.2. The molecule has 1 atom stereocenters. The van der Waals surface area contributed by atoms with Gasteiger partial charge in [0, 0.05) is 0 Å². The molecule has 0 spiro atoms. The molecule has 0 saturated carbocycles. The molecule has 2 N–H and O–H groups in total. The summed E-state index contributed by atoms with van der Waals surface area (Å²) in [5, 5.41) is 2.87. The van der Waals surface area contributed by atoms with Crippen molar-refractivity contribution in [2.75, 3.05) is 13.2 Å². The molecule has 31 heavy (non-hydrogen) atoms. The van der Waals surface area contributed by atoms with E-state index in [9.17, 15) is 18.0 Å². The Bertz CT molecular complexity index is 1000. The van der Waals surface area contributed by atoms with Gasteiger partial charge in [0.1, 0.15) is 6.54 Å². The van der Waals surface area contributed by atoms with Crippen LogP contribution in [0.2, 0.25) is 0 Å². The minimum absolute atomic E-state index is 0.0699. The number of hydrogen-bond acceptors (Lipinski definition) is 5. The average Bonchev–Trinajstić information content (AvgIpc) is 2.72. The SMILES string of the molecule is Cc1ccc(S(=O)(=O)NCC(=O)OCC(=O)NC(CC(C)C)c2ccccc2)cc1C. The van der Waals surface area contributed by atoms with Crippen LogP contribution in [-0.2, 0) is 24.3 Å². The summed E-state index contributed by atoms with van der Waals surface area (Å²) in [6.07, 6.45) is 0.736. The van der Waals surface area contributed by atoms with E-state index in [0.29, 0.717) is 5.92 Å². The van der Waals surface area contributed by atoms with E-state index < -0.39 is 35.1 Å². The minimum atomic E-state index is -3.85. The lowest BCUT2D eigenvalue weighted by Gasteiger charge is -2.21. The lowest BCUT2D eigenvalue weighted by Crippen LogP contribution is -2.35. The Morgan fingerprint density at radius 2 is 1.68 bits per heavy atom. The fourth-order valence-electron chi connectivity index (χ4n) is 2.99. The molecule has 0 saturated heterocycles. The van der Waals surface area contributed by atoms with Crippen molar-refractivity contribution in [2.45, 2.75) is 45.1 Å². The number of ether oxygens (including phenoxy) is 1. The number of carbonyl (C=O) groups is 2. The fourth-order valence-corrected chi connectivity index (χ4v) is 4.04. The molecule has 8 heteroatoms. The number of sulfonamides is 1. The molecular formula is C23H30N2O5S. The highest BCUT2D eigenvalue weighted by Crippen LogP contribution is 2.21. The van der Waals surface area contributed by atoms with Crippen LogP contribution in [0.15, 0.2) is 53.4 Å². The molecule has 2 aromatic carbocycles. The van der Waals surface area contributed by atoms with Gasteiger partial charge in [0.2, 0.25) is 10.0 Å². The van der Waals surface area contributed by atoms with Crippen LogP contribution in [0, 0.1) is 19.8 Å². The maximum Gasteiger partial charge on any atom is 0.321 e. The van der Waals surface area contributed by atoms with Crippen molar-refractivity contribution in [1.29, 1.82) is 0 Å². The summed E-state index contributed by atoms with van der Waals surface area (Å²) in [4.78, 5) is 24.3. The summed E-state index contributed by atoms with van der Waals surface area (Å²) >= 11 is 0. The van der Waals surface area contributed by atoms with Gasteiger partial charge in [0.05, 0.1) is 10.9 Å². The van der Waals surface area contributed by atoms with E-state index in [1.165, 1.54) is 12.1 Å². The van der Waals surface area contributed by atoms with E-state index in [-0.39, 0.29) is 10.9 Å². The molecule has 0 aliphatic heterocycles. The van der Waals surface area contributed by atoms with Crippen LogP contribution in [-0.4, -0.2) is 33.4 Å². The molecule has 1 amide bonds. The van der Waals surface area contributed by atoms with E-state index >= 15 is 0 Å². The summed E-state index contributed by atoms with van der Waals surface area (Å²) in [5.74, 6) is -0.921. The molecule has 0 aromatic heterocycles. The van der Waals surface area contributed by atoms with E-state index in [1.54, 1.807) is 6.07 Å². The second kappa shape index (κ2) is 11.1. The first kappa shape index (κ1) is 24.6. The van der Waals surface area contributed by atoms with Crippen molar-refractivity contribution in [1.82, 2.24) is 10.0 Å². The molecule has 0 fully saturated rings. The zero-order valence-corrected chi connectivity index (χ0v) is 19.2. The van der Waals surface area contributed by atoms with Crippen LogP contribution in [0.1, 0.15) is 43.0 Å². The van der Waals surface area contributed by atoms with Gasteiger partial charge in [-0.05, 0) is 55.0 Å². The van der Waals surface area contributed by atoms with Gasteiger partial charge < -0.3 is 10.1 Å². The van der Waals surface area contributed by atoms with Crippen LogP contribution >= 0.6 is 0 Å². The molecule has 2 aromatic rings. The Hall–Kier alpha value is -2.71. The Labute approximate surface area is 184 Å². The van der Waals surface area contributed by atoms with Gasteiger partial charge in [0.25, 0.3) is 5.91 Å². The second-order valence-electron chi connectivity index (χ2n) is 7.89. The number of amides is 1. The number of rotatable bonds is 10. The lowest BCUT2D eigenvalue weighted by atomic mass is 9.97. The summed E-state index contributed by atoms with van der Waals surface area (Å²) < 4.78 is 31.8. The maximum absolute atomic E-state index is 12.3. The molecule has 7 nitrogen and oxygen atoms in total. The molecule has 168 valence electrons. The largest absolute Gasteiger partial charge is 0.455 e. The average molecular weight is 447 g/mol. The van der Waals surface area contributed by atoms with Crippen molar-refractivity contribution in [3.05, 3.63) is 65.2 Å². The zero-order chi connectivity index (χ0) is 23.0. The highest BCUT2D eigenvalue weighted by molar-refractivity contribution is 7.89. The summed E-state index contributed by atoms with van der Waals surface area (Å²) in [6, 6.07) is 14.1. The van der Waals surface area contributed by atoms with Gasteiger partial charge in [-0.1, -0.05) is 50.2 Å². The number of carbonyl (C=O) groups excluding carboxylic acids is 2. The molecule has 2 rings (SSSR count). The smallest absolute Gasteiger partial charge is 0.321 e. The number of esters is 1. The third-order valence-corrected chi connectivity index (χ3v) is 6.20. The second-order valence-corrected chi connectivity index (χ2v) is 9.66. The minimum Gasteiger partial charge on any atom is -0.455 e. The van der Waals surface area contributed by atoms with Gasteiger partial charge in [-0.2, -0.15) is 4.72 Å². The van der Waals surface area contributed by atoms with E-state index in [0.717, 1.165) is 23.1 Å². The third kappa shape index (κ3) is 7.80. The van der Waals surface area contributed by atoms with Crippen LogP contribution < -0.4 is 10.0 Å². The third-order valence-electron chi connectivity index (χ3n) is 4.80. The number of benzene rings is 2. The molecule has 0 aliphatic carbocycles. The summed E-state index contributed by atoms with van der Waals surface area (Å²) in [5.41, 5.74) is 2.77. The fraction of sp³-hybridized carbons (Fsp3) is 0.391. The Morgan fingerprint density at radius 1 is 1.00 bits per heavy atom. The van der Waals surface area contributed by atoms with E-state index in [4.69, 9.17) is 4.74 Å². The van der Waals surface area contributed by atoms with Crippen molar-refractivity contribution >= 4 is 21.9 Å². The zero-order valence-electron chi connectivity index (χ0n) is 18.3. The molecule has 0 aliphatic rings. The van der Waals surface area contributed by atoms with E-state index in [1.807, 2.05) is 44.2 Å². The van der Waals surface area contributed by atoms with Crippen molar-refractivity contribution < 1.29 is 22.7 Å². The monoisotopic (exact) mass is 446 g/mol. The standard InChI is InChI=1S/C23H30N2O5S/c1-16(2)12-21(19-8-6-5-7-9-19)25-22(26)15-30-23(27)14-24-31(28,29)20-11-10-17(3)18(4)13-20/h5-11,13,16,21,24H,12,14-15H2,1-4H3,(H,25,26). The normalized spacial score (nSPS) is 12.4. The van der Waals surface area contributed by atoms with Gasteiger partial charge in [-0.15, -0.1) is 0 Å². The first-order chi connectivity index (χ1) is 14.6. The van der Waals surface area contributed by atoms with Crippen LogP contribution in [0.25, 0.3) is 0 Å². The molecule has 0 radical (unpaired) electrons. The van der Waals surface area contributed by atoms with Gasteiger partial charge in [-0.25, -0.2) is 8.42 Å².